The van der Waals surface area contributed by atoms with Crippen LogP contribution >= 0.6 is 23.5 Å². The van der Waals surface area contributed by atoms with Gasteiger partial charge in [0.15, 0.2) is 5.12 Å². The molecule has 0 amide bonds. The van der Waals surface area contributed by atoms with Gasteiger partial charge in [-0.15, -0.1) is 11.8 Å². The highest BCUT2D eigenvalue weighted by Crippen LogP contribution is 2.38. The summed E-state index contributed by atoms with van der Waals surface area (Å²) in [5.74, 6) is 0. The summed E-state index contributed by atoms with van der Waals surface area (Å²) in [6.07, 6.45) is 2.41. The number of carbonyl (C=O) groups excluding carboxylic acids is 1. The van der Waals surface area contributed by atoms with Crippen LogP contribution in [-0.4, -0.2) is 11.4 Å². The summed E-state index contributed by atoms with van der Waals surface area (Å²) in [5, 5.41) is 0.417. The maximum Gasteiger partial charge on any atom is 0.190 e. The van der Waals surface area contributed by atoms with Crippen LogP contribution in [0.4, 0.5) is 0 Å². The molecule has 0 saturated heterocycles. The van der Waals surface area contributed by atoms with Crippen molar-refractivity contribution in [3.8, 4) is 0 Å². The summed E-state index contributed by atoms with van der Waals surface area (Å²) in [6.45, 7) is 0. The predicted molar refractivity (Wildman–Crippen MR) is 84.6 cm³/mol. The Morgan fingerprint density at radius 3 is 2.16 bits per heavy atom. The largest absolute Gasteiger partial charge is 0.287 e. The first-order chi connectivity index (χ1) is 9.29. The van der Waals surface area contributed by atoms with Gasteiger partial charge in [-0.25, -0.2) is 0 Å². The van der Waals surface area contributed by atoms with Crippen molar-refractivity contribution in [2.75, 3.05) is 6.26 Å². The van der Waals surface area contributed by atoms with E-state index in [1.54, 1.807) is 11.8 Å². The zero-order chi connectivity index (χ0) is 13.5. The van der Waals surface area contributed by atoms with Crippen molar-refractivity contribution in [1.29, 1.82) is 0 Å². The van der Waals surface area contributed by atoms with Gasteiger partial charge in [-0.3, -0.25) is 4.79 Å². The molecule has 2 aromatic carbocycles. The third-order valence-corrected chi connectivity index (χ3v) is 4.66. The molecule has 0 aliphatic rings. The molecule has 0 saturated carbocycles. The van der Waals surface area contributed by atoms with Gasteiger partial charge >= 0.3 is 0 Å². The first-order valence-electron chi connectivity index (χ1n) is 6.13. The van der Waals surface area contributed by atoms with E-state index in [2.05, 4.69) is 24.3 Å². The molecule has 1 nitrogen and oxygen atoms in total. The van der Waals surface area contributed by atoms with Crippen LogP contribution in [0.25, 0.3) is 0 Å². The summed E-state index contributed by atoms with van der Waals surface area (Å²) >= 11 is 3.06. The van der Waals surface area contributed by atoms with E-state index >= 15 is 0 Å². The van der Waals surface area contributed by atoms with Crippen LogP contribution in [0.15, 0.2) is 65.6 Å². The molecule has 0 aliphatic heterocycles. The lowest BCUT2D eigenvalue weighted by atomic mass is 10.1. The normalized spacial score (nSPS) is 12.1. The molecule has 98 valence electrons. The Hall–Kier alpha value is -1.19. The molecule has 0 spiro atoms. The van der Waals surface area contributed by atoms with Crippen molar-refractivity contribution in [2.45, 2.75) is 16.6 Å². The fourth-order valence-electron chi connectivity index (χ4n) is 1.79. The smallest absolute Gasteiger partial charge is 0.190 e. The van der Waals surface area contributed by atoms with Gasteiger partial charge in [-0.1, -0.05) is 60.3 Å². The Morgan fingerprint density at radius 1 is 1.00 bits per heavy atom. The van der Waals surface area contributed by atoms with E-state index in [1.165, 1.54) is 22.2 Å². The maximum absolute atomic E-state index is 11.7. The Bertz CT molecular complexity index is 511. The van der Waals surface area contributed by atoms with Crippen LogP contribution in [0, 0.1) is 0 Å². The first kappa shape index (κ1) is 14.2. The van der Waals surface area contributed by atoms with Crippen LogP contribution in [0.3, 0.4) is 0 Å². The minimum absolute atomic E-state index is 0.184. The Labute approximate surface area is 122 Å². The number of carbonyl (C=O) groups is 1. The predicted octanol–water partition coefficient (Wildman–Crippen LogP) is 4.80. The Kier molecular flexibility index (Phi) is 5.55. The SMILES string of the molecule is CSC(=O)CC(Sc1ccccc1)c1ccccc1. The molecule has 3 heteroatoms. The molecule has 0 aliphatic carbocycles. The standard InChI is InChI=1S/C16H16OS2/c1-18-16(17)12-15(13-8-4-2-5-9-13)19-14-10-6-3-7-11-14/h2-11,15H,12H2,1H3. The van der Waals surface area contributed by atoms with E-state index in [0.717, 1.165) is 0 Å². The second kappa shape index (κ2) is 7.41. The van der Waals surface area contributed by atoms with Crippen molar-refractivity contribution in [2.24, 2.45) is 0 Å². The van der Waals surface area contributed by atoms with Crippen molar-refractivity contribution in [1.82, 2.24) is 0 Å². The molecular weight excluding hydrogens is 272 g/mol. The number of rotatable bonds is 5. The second-order valence-corrected chi connectivity index (χ2v) is 6.25. The van der Waals surface area contributed by atoms with Gasteiger partial charge < -0.3 is 0 Å². The molecule has 0 aromatic heterocycles. The van der Waals surface area contributed by atoms with Crippen molar-refractivity contribution < 1.29 is 4.79 Å². The average Bonchev–Trinajstić information content (AvgIpc) is 2.48. The molecular formula is C16H16OS2. The molecule has 0 fully saturated rings. The molecule has 0 bridgehead atoms. The van der Waals surface area contributed by atoms with Crippen LogP contribution < -0.4 is 0 Å². The maximum atomic E-state index is 11.7. The summed E-state index contributed by atoms with van der Waals surface area (Å²) in [5.41, 5.74) is 1.21. The minimum Gasteiger partial charge on any atom is -0.287 e. The molecule has 1 unspecified atom stereocenters. The molecule has 0 N–H and O–H groups in total. The number of thioether (sulfide) groups is 2. The van der Waals surface area contributed by atoms with Crippen LogP contribution in [0.1, 0.15) is 17.2 Å². The van der Waals surface area contributed by atoms with E-state index in [0.29, 0.717) is 6.42 Å². The Balaban J connectivity index is 2.17. The third-order valence-electron chi connectivity index (χ3n) is 2.77. The highest BCUT2D eigenvalue weighted by atomic mass is 32.2. The van der Waals surface area contributed by atoms with Gasteiger partial charge in [-0.2, -0.15) is 0 Å². The molecule has 1 atom stereocenters. The van der Waals surface area contributed by atoms with Gasteiger partial charge in [0.25, 0.3) is 0 Å². The number of benzene rings is 2. The van der Waals surface area contributed by atoms with Crippen molar-refractivity contribution in [3.63, 3.8) is 0 Å². The minimum atomic E-state index is 0.184. The van der Waals surface area contributed by atoms with Crippen LogP contribution in [0.5, 0.6) is 0 Å². The summed E-state index contributed by atoms with van der Waals surface area (Å²) < 4.78 is 0. The average molecular weight is 288 g/mol. The molecule has 2 rings (SSSR count). The fourth-order valence-corrected chi connectivity index (χ4v) is 3.40. The van der Waals surface area contributed by atoms with E-state index < -0.39 is 0 Å². The van der Waals surface area contributed by atoms with E-state index in [1.807, 2.05) is 42.7 Å². The van der Waals surface area contributed by atoms with Gasteiger partial charge in [0.1, 0.15) is 0 Å². The molecule has 2 aromatic rings. The summed E-state index contributed by atoms with van der Waals surface area (Å²) in [4.78, 5) is 12.9. The fraction of sp³-hybridized carbons (Fsp3) is 0.188. The van der Waals surface area contributed by atoms with E-state index in [9.17, 15) is 4.79 Å². The van der Waals surface area contributed by atoms with Crippen molar-refractivity contribution >= 4 is 28.6 Å². The molecule has 0 heterocycles. The van der Waals surface area contributed by atoms with Gasteiger partial charge in [0, 0.05) is 16.6 Å². The monoisotopic (exact) mass is 288 g/mol. The van der Waals surface area contributed by atoms with E-state index in [4.69, 9.17) is 0 Å². The zero-order valence-corrected chi connectivity index (χ0v) is 12.4. The quantitative estimate of drug-likeness (QED) is 0.736. The lowest BCUT2D eigenvalue weighted by Crippen LogP contribution is -2.00. The summed E-state index contributed by atoms with van der Waals surface area (Å²) in [6, 6.07) is 20.5. The molecule has 19 heavy (non-hydrogen) atoms. The number of hydrogen-bond acceptors (Lipinski definition) is 3. The van der Waals surface area contributed by atoms with Crippen LogP contribution in [-0.2, 0) is 4.79 Å². The first-order valence-corrected chi connectivity index (χ1v) is 8.23. The van der Waals surface area contributed by atoms with E-state index in [-0.39, 0.29) is 10.4 Å². The zero-order valence-electron chi connectivity index (χ0n) is 10.8. The lowest BCUT2D eigenvalue weighted by Gasteiger charge is -2.15. The highest BCUT2D eigenvalue weighted by Gasteiger charge is 2.16. The summed E-state index contributed by atoms with van der Waals surface area (Å²) in [7, 11) is 0. The molecule has 0 radical (unpaired) electrons. The van der Waals surface area contributed by atoms with Gasteiger partial charge in [-0.05, 0) is 24.0 Å². The third kappa shape index (κ3) is 4.44. The topological polar surface area (TPSA) is 17.1 Å². The number of hydrogen-bond donors (Lipinski definition) is 0. The second-order valence-electron chi connectivity index (χ2n) is 4.11. The van der Waals surface area contributed by atoms with Gasteiger partial charge in [0.05, 0.1) is 0 Å². The van der Waals surface area contributed by atoms with Gasteiger partial charge in [0.2, 0.25) is 0 Å². The Morgan fingerprint density at radius 2 is 1.58 bits per heavy atom. The van der Waals surface area contributed by atoms with Crippen LogP contribution in [0.2, 0.25) is 0 Å². The van der Waals surface area contributed by atoms with Crippen molar-refractivity contribution in [3.05, 3.63) is 66.2 Å². The lowest BCUT2D eigenvalue weighted by molar-refractivity contribution is -0.110. The highest BCUT2D eigenvalue weighted by molar-refractivity contribution is 8.13.